The minimum absolute atomic E-state index is 0.0348. The molecule has 1 aromatic carbocycles. The van der Waals surface area contributed by atoms with Crippen LogP contribution in [0.1, 0.15) is 33.6 Å². The topological polar surface area (TPSA) is 75.7 Å². The molecule has 0 aliphatic heterocycles. The highest BCUT2D eigenvalue weighted by molar-refractivity contribution is 7.92. The number of ether oxygens (including phenoxy) is 1. The number of nitrogens with one attached hydrogen (secondary N) is 1. The molecule has 0 aliphatic carbocycles. The van der Waals surface area contributed by atoms with Gasteiger partial charge in [0.2, 0.25) is 15.9 Å². The van der Waals surface area contributed by atoms with Crippen LogP contribution in [0.15, 0.2) is 24.3 Å². The molecule has 0 saturated carbocycles. The fourth-order valence-electron chi connectivity index (χ4n) is 2.49. The Kier molecular flexibility index (Phi) is 8.04. The van der Waals surface area contributed by atoms with E-state index in [2.05, 4.69) is 5.32 Å². The zero-order valence-electron chi connectivity index (χ0n) is 14.9. The highest BCUT2D eigenvalue weighted by atomic mass is 32.2. The van der Waals surface area contributed by atoms with Crippen molar-refractivity contribution in [2.45, 2.75) is 33.6 Å². The number of carbonyl (C=O) groups excluding carboxylic acids is 1. The number of anilines is 1. The number of hydrogen-bond donors (Lipinski definition) is 1. The molecule has 7 heteroatoms. The molecule has 0 radical (unpaired) electrons. The number of sulfonamides is 1. The van der Waals surface area contributed by atoms with Crippen molar-refractivity contribution in [3.63, 3.8) is 0 Å². The fourth-order valence-corrected chi connectivity index (χ4v) is 3.42. The molecule has 1 amide bonds. The molecule has 0 aromatic heterocycles. The second-order valence-electron chi connectivity index (χ2n) is 5.54. The first-order chi connectivity index (χ1) is 11.3. The number of benzene rings is 1. The van der Waals surface area contributed by atoms with E-state index in [-0.39, 0.29) is 24.9 Å². The summed E-state index contributed by atoms with van der Waals surface area (Å²) < 4.78 is 31.1. The zero-order chi connectivity index (χ0) is 18.2. The molecule has 0 fully saturated rings. The summed E-state index contributed by atoms with van der Waals surface area (Å²) >= 11 is 0. The van der Waals surface area contributed by atoms with Gasteiger partial charge in [0.25, 0.3) is 0 Å². The smallest absolute Gasteiger partial charge is 0.232 e. The van der Waals surface area contributed by atoms with E-state index < -0.39 is 10.0 Å². The molecule has 0 bridgehead atoms. The van der Waals surface area contributed by atoms with Gasteiger partial charge in [-0.15, -0.1) is 0 Å². The second kappa shape index (κ2) is 9.52. The molecule has 1 N–H and O–H groups in total. The number of rotatable bonds is 10. The number of para-hydroxylation sites is 2. The van der Waals surface area contributed by atoms with Gasteiger partial charge in [0.15, 0.2) is 0 Å². The minimum atomic E-state index is -3.49. The van der Waals surface area contributed by atoms with E-state index in [1.807, 2.05) is 20.8 Å². The SMILES string of the molecule is CCOc1ccccc1N(CCNC(=O)C(CC)CC)S(C)(=O)=O. The summed E-state index contributed by atoms with van der Waals surface area (Å²) in [6.45, 7) is 6.64. The first-order valence-corrected chi connectivity index (χ1v) is 10.2. The third kappa shape index (κ3) is 5.70. The predicted octanol–water partition coefficient (Wildman–Crippen LogP) is 2.40. The van der Waals surface area contributed by atoms with Crippen molar-refractivity contribution >= 4 is 21.6 Å². The van der Waals surface area contributed by atoms with Gasteiger partial charge in [-0.2, -0.15) is 0 Å². The molecular formula is C17H28N2O4S. The molecule has 6 nitrogen and oxygen atoms in total. The Balaban J connectivity index is 2.88. The van der Waals surface area contributed by atoms with Crippen molar-refractivity contribution in [3.8, 4) is 5.75 Å². The lowest BCUT2D eigenvalue weighted by atomic mass is 10.0. The maximum absolute atomic E-state index is 12.2. The van der Waals surface area contributed by atoms with Crippen LogP contribution >= 0.6 is 0 Å². The quantitative estimate of drug-likeness (QED) is 0.698. The first kappa shape index (κ1) is 20.3. The summed E-state index contributed by atoms with van der Waals surface area (Å²) in [6, 6.07) is 7.00. The van der Waals surface area contributed by atoms with E-state index in [0.717, 1.165) is 19.1 Å². The highest BCUT2D eigenvalue weighted by Crippen LogP contribution is 2.29. The van der Waals surface area contributed by atoms with Gasteiger partial charge in [0.05, 0.1) is 25.1 Å². The Labute approximate surface area is 145 Å². The molecule has 0 saturated heterocycles. The Bertz CT molecular complexity index is 627. The standard InChI is InChI=1S/C17H28N2O4S/c1-5-14(6-2)17(20)18-12-13-19(24(4,21)22)15-10-8-9-11-16(15)23-7-3/h8-11,14H,5-7,12-13H2,1-4H3,(H,18,20). The Morgan fingerprint density at radius 2 is 1.83 bits per heavy atom. The van der Waals surface area contributed by atoms with Crippen LogP contribution in [0.3, 0.4) is 0 Å². The molecule has 24 heavy (non-hydrogen) atoms. The Morgan fingerprint density at radius 1 is 1.21 bits per heavy atom. The predicted molar refractivity (Wildman–Crippen MR) is 96.9 cm³/mol. The Hall–Kier alpha value is -1.76. The van der Waals surface area contributed by atoms with Gasteiger partial charge in [0, 0.05) is 12.5 Å². The van der Waals surface area contributed by atoms with Gasteiger partial charge in [-0.25, -0.2) is 8.42 Å². The molecule has 0 spiro atoms. The summed E-state index contributed by atoms with van der Waals surface area (Å²) in [4.78, 5) is 12.0. The normalized spacial score (nSPS) is 11.4. The summed E-state index contributed by atoms with van der Waals surface area (Å²) in [5.41, 5.74) is 0.485. The monoisotopic (exact) mass is 356 g/mol. The molecule has 136 valence electrons. The third-order valence-corrected chi connectivity index (χ3v) is 4.98. The van der Waals surface area contributed by atoms with Gasteiger partial charge in [-0.05, 0) is 31.9 Å². The molecule has 0 heterocycles. The molecule has 1 aromatic rings. The molecule has 1 rings (SSSR count). The maximum atomic E-state index is 12.2. The lowest BCUT2D eigenvalue weighted by Crippen LogP contribution is -2.40. The van der Waals surface area contributed by atoms with Gasteiger partial charge in [-0.1, -0.05) is 26.0 Å². The van der Waals surface area contributed by atoms with E-state index >= 15 is 0 Å². The van der Waals surface area contributed by atoms with Gasteiger partial charge >= 0.3 is 0 Å². The van der Waals surface area contributed by atoms with Gasteiger partial charge < -0.3 is 10.1 Å². The van der Waals surface area contributed by atoms with E-state index in [9.17, 15) is 13.2 Å². The van der Waals surface area contributed by atoms with Crippen LogP contribution in [0.25, 0.3) is 0 Å². The third-order valence-electron chi connectivity index (χ3n) is 3.80. The van der Waals surface area contributed by atoms with Crippen molar-refractivity contribution < 1.29 is 17.9 Å². The molecule has 0 unspecified atom stereocenters. The van der Waals surface area contributed by atoms with Crippen molar-refractivity contribution in [2.24, 2.45) is 5.92 Å². The number of amides is 1. The molecular weight excluding hydrogens is 328 g/mol. The fraction of sp³-hybridized carbons (Fsp3) is 0.588. The average molecular weight is 356 g/mol. The lowest BCUT2D eigenvalue weighted by Gasteiger charge is -2.25. The van der Waals surface area contributed by atoms with Crippen LogP contribution in [0.4, 0.5) is 5.69 Å². The zero-order valence-corrected chi connectivity index (χ0v) is 15.7. The van der Waals surface area contributed by atoms with Crippen molar-refractivity contribution in [1.29, 1.82) is 0 Å². The van der Waals surface area contributed by atoms with Crippen LogP contribution in [-0.2, 0) is 14.8 Å². The molecule has 0 aliphatic rings. The average Bonchev–Trinajstić information content (AvgIpc) is 2.53. The number of nitrogens with zero attached hydrogens (tertiary/aromatic N) is 1. The van der Waals surface area contributed by atoms with Crippen LogP contribution in [0.2, 0.25) is 0 Å². The maximum Gasteiger partial charge on any atom is 0.232 e. The summed E-state index contributed by atoms with van der Waals surface area (Å²) in [6.07, 6.45) is 2.69. The summed E-state index contributed by atoms with van der Waals surface area (Å²) in [5, 5.41) is 2.82. The van der Waals surface area contributed by atoms with Crippen LogP contribution < -0.4 is 14.4 Å². The second-order valence-corrected chi connectivity index (χ2v) is 7.45. The van der Waals surface area contributed by atoms with Crippen molar-refractivity contribution in [2.75, 3.05) is 30.3 Å². The number of hydrogen-bond acceptors (Lipinski definition) is 4. The van der Waals surface area contributed by atoms with Gasteiger partial charge in [0.1, 0.15) is 5.75 Å². The number of carbonyl (C=O) groups is 1. The van der Waals surface area contributed by atoms with Crippen molar-refractivity contribution in [1.82, 2.24) is 5.32 Å². The first-order valence-electron chi connectivity index (χ1n) is 8.32. The van der Waals surface area contributed by atoms with E-state index in [4.69, 9.17) is 4.74 Å². The summed E-state index contributed by atoms with van der Waals surface area (Å²) in [7, 11) is -3.49. The van der Waals surface area contributed by atoms with Crippen LogP contribution in [0, 0.1) is 5.92 Å². The summed E-state index contributed by atoms with van der Waals surface area (Å²) in [5.74, 6) is 0.440. The highest BCUT2D eigenvalue weighted by Gasteiger charge is 2.21. The van der Waals surface area contributed by atoms with Crippen LogP contribution in [0.5, 0.6) is 5.75 Å². The van der Waals surface area contributed by atoms with E-state index in [0.29, 0.717) is 18.0 Å². The molecule has 0 atom stereocenters. The Morgan fingerprint density at radius 3 is 2.38 bits per heavy atom. The lowest BCUT2D eigenvalue weighted by molar-refractivity contribution is -0.125. The van der Waals surface area contributed by atoms with Crippen molar-refractivity contribution in [3.05, 3.63) is 24.3 Å². The largest absolute Gasteiger partial charge is 0.492 e. The van der Waals surface area contributed by atoms with E-state index in [1.165, 1.54) is 4.31 Å². The minimum Gasteiger partial charge on any atom is -0.492 e. The van der Waals surface area contributed by atoms with Gasteiger partial charge in [-0.3, -0.25) is 9.10 Å². The van der Waals surface area contributed by atoms with Crippen LogP contribution in [-0.4, -0.2) is 40.3 Å². The van der Waals surface area contributed by atoms with E-state index in [1.54, 1.807) is 24.3 Å².